The fourth-order valence-electron chi connectivity index (χ4n) is 4.39. The van der Waals surface area contributed by atoms with Crippen LogP contribution in [0.1, 0.15) is 35.7 Å². The average Bonchev–Trinajstić information content (AvgIpc) is 2.79. The number of aliphatic hydroxyl groups is 1. The third kappa shape index (κ3) is 5.59. The van der Waals surface area contributed by atoms with E-state index < -0.39 is 11.7 Å². The van der Waals surface area contributed by atoms with Gasteiger partial charge in [0.15, 0.2) is 5.78 Å². The Hall–Kier alpha value is -2.90. The van der Waals surface area contributed by atoms with E-state index in [-0.39, 0.29) is 12.4 Å². The Morgan fingerprint density at radius 3 is 2.53 bits per heavy atom. The van der Waals surface area contributed by atoms with Crippen molar-refractivity contribution in [3.63, 3.8) is 0 Å². The number of β-amino-alcohol motifs (C(OH)–C–C–N with tert-alkyl or cyclic N) is 1. The zero-order chi connectivity index (χ0) is 24.3. The van der Waals surface area contributed by atoms with Crippen LogP contribution in [0.4, 0.5) is 13.2 Å². The molecule has 0 radical (unpaired) electrons. The van der Waals surface area contributed by atoms with E-state index in [4.69, 9.17) is 9.84 Å². The second-order valence-corrected chi connectivity index (χ2v) is 9.00. The Morgan fingerprint density at radius 2 is 1.85 bits per heavy atom. The highest BCUT2D eigenvalue weighted by Gasteiger charge is 2.31. The molecule has 1 atom stereocenters. The number of benzene rings is 3. The Bertz CT molecular complexity index is 1140. The average molecular weight is 472 g/mol. The van der Waals surface area contributed by atoms with Gasteiger partial charge in [0.2, 0.25) is 0 Å². The molecule has 0 amide bonds. The van der Waals surface area contributed by atoms with Crippen molar-refractivity contribution in [2.24, 2.45) is 11.8 Å². The van der Waals surface area contributed by atoms with Crippen LogP contribution in [-0.4, -0.2) is 42.0 Å². The molecule has 3 aromatic carbocycles. The van der Waals surface area contributed by atoms with Crippen LogP contribution in [0, 0.1) is 11.8 Å². The van der Waals surface area contributed by atoms with Gasteiger partial charge in [-0.05, 0) is 66.1 Å². The largest absolute Gasteiger partial charge is 0.457 e. The maximum Gasteiger partial charge on any atom is 0.416 e. The lowest BCUT2D eigenvalue weighted by Crippen LogP contribution is -2.50. The number of fused-ring (bicyclic) bond motifs is 1. The van der Waals surface area contributed by atoms with E-state index in [1.165, 1.54) is 12.1 Å². The minimum absolute atomic E-state index is 0.0920. The Balaban J connectivity index is 1.40. The van der Waals surface area contributed by atoms with Crippen LogP contribution in [0.15, 0.2) is 60.7 Å². The van der Waals surface area contributed by atoms with Crippen LogP contribution in [0.2, 0.25) is 0 Å². The third-order valence-electron chi connectivity index (χ3n) is 6.60. The lowest BCUT2D eigenvalue weighted by atomic mass is 9.83. The number of nitrogens with zero attached hydrogens (tertiary/aromatic N) is 1. The standard InChI is InChI=1S/C27H28F3NO3/c1-18(21-16-31(17-21)13-14-32)5-12-25(33)20-6-11-24-19(15-20)3-2-4-26(24)34-23-9-7-22(8-10-23)27(28,29)30/h2-4,6-11,15,18,21,32H,5,12-14,16-17H2,1H3/t18-/m0/s1. The van der Waals surface area contributed by atoms with Gasteiger partial charge in [-0.3, -0.25) is 4.79 Å². The molecular formula is C27H28F3NO3. The van der Waals surface area contributed by atoms with Crippen LogP contribution >= 0.6 is 0 Å². The van der Waals surface area contributed by atoms with Gasteiger partial charge in [0, 0.05) is 37.0 Å². The molecule has 4 rings (SSSR count). The van der Waals surface area contributed by atoms with Gasteiger partial charge < -0.3 is 14.7 Å². The molecule has 34 heavy (non-hydrogen) atoms. The number of Topliss-reactive ketones (excluding diaryl/α,β-unsaturated/α-hetero) is 1. The van der Waals surface area contributed by atoms with Crippen LogP contribution in [0.25, 0.3) is 10.8 Å². The quantitative estimate of drug-likeness (QED) is 0.379. The van der Waals surface area contributed by atoms with Gasteiger partial charge in [-0.15, -0.1) is 0 Å². The number of carbonyl (C=O) groups is 1. The van der Waals surface area contributed by atoms with Crippen LogP contribution in [0.3, 0.4) is 0 Å². The Labute approximate surface area is 197 Å². The predicted molar refractivity (Wildman–Crippen MR) is 125 cm³/mol. The molecule has 0 spiro atoms. The summed E-state index contributed by atoms with van der Waals surface area (Å²) in [7, 11) is 0. The molecule has 180 valence electrons. The first-order chi connectivity index (χ1) is 16.2. The molecule has 1 saturated heterocycles. The molecule has 1 aliphatic rings. The first-order valence-electron chi connectivity index (χ1n) is 11.5. The lowest BCUT2D eigenvalue weighted by molar-refractivity contribution is -0.137. The van der Waals surface area contributed by atoms with Gasteiger partial charge in [0.05, 0.1) is 12.2 Å². The summed E-state index contributed by atoms with van der Waals surface area (Å²) >= 11 is 0. The molecule has 1 N–H and O–H groups in total. The number of alkyl halides is 3. The minimum atomic E-state index is -4.39. The molecule has 0 saturated carbocycles. The zero-order valence-corrected chi connectivity index (χ0v) is 19.0. The van der Waals surface area contributed by atoms with Crippen molar-refractivity contribution >= 4 is 16.6 Å². The second-order valence-electron chi connectivity index (χ2n) is 9.00. The van der Waals surface area contributed by atoms with Crippen molar-refractivity contribution in [2.45, 2.75) is 25.9 Å². The third-order valence-corrected chi connectivity index (χ3v) is 6.60. The highest BCUT2D eigenvalue weighted by molar-refractivity contribution is 6.01. The van der Waals surface area contributed by atoms with Gasteiger partial charge in [-0.25, -0.2) is 0 Å². The summed E-state index contributed by atoms with van der Waals surface area (Å²) in [6.07, 6.45) is -3.09. The van der Waals surface area contributed by atoms with Crippen molar-refractivity contribution in [3.8, 4) is 11.5 Å². The summed E-state index contributed by atoms with van der Waals surface area (Å²) < 4.78 is 44.2. The number of ether oxygens (including phenoxy) is 1. The fraction of sp³-hybridized carbons (Fsp3) is 0.370. The van der Waals surface area contributed by atoms with E-state index >= 15 is 0 Å². The van der Waals surface area contributed by atoms with Crippen LogP contribution < -0.4 is 4.74 Å². The number of rotatable bonds is 9. The Kier molecular flexibility index (Phi) is 7.24. The molecule has 1 fully saturated rings. The highest BCUT2D eigenvalue weighted by atomic mass is 19.4. The van der Waals surface area contributed by atoms with Gasteiger partial charge in [-0.2, -0.15) is 13.2 Å². The summed E-state index contributed by atoms with van der Waals surface area (Å²) in [6.45, 7) is 5.03. The van der Waals surface area contributed by atoms with Gasteiger partial charge >= 0.3 is 6.18 Å². The summed E-state index contributed by atoms with van der Waals surface area (Å²) in [5.74, 6) is 1.93. The summed E-state index contributed by atoms with van der Waals surface area (Å²) in [6, 6.07) is 15.5. The topological polar surface area (TPSA) is 49.8 Å². The van der Waals surface area contributed by atoms with Crippen LogP contribution in [-0.2, 0) is 6.18 Å². The molecule has 0 aliphatic carbocycles. The van der Waals surface area contributed by atoms with E-state index in [9.17, 15) is 18.0 Å². The number of likely N-dealkylation sites (tertiary alicyclic amines) is 1. The molecule has 0 bridgehead atoms. The number of hydrogen-bond donors (Lipinski definition) is 1. The monoisotopic (exact) mass is 471 g/mol. The SMILES string of the molecule is C[C@@H](CCC(=O)c1ccc2c(Oc3ccc(C(F)(F)F)cc3)cccc2c1)C1CN(CCO)C1. The Morgan fingerprint density at radius 1 is 1.12 bits per heavy atom. The molecule has 7 heteroatoms. The van der Waals surface area contributed by atoms with Crippen molar-refractivity contribution < 1.29 is 27.8 Å². The summed E-state index contributed by atoms with van der Waals surface area (Å²) in [5, 5.41) is 10.6. The maximum atomic E-state index is 12.8. The van der Waals surface area contributed by atoms with E-state index in [0.717, 1.165) is 42.4 Å². The number of halogens is 3. The summed E-state index contributed by atoms with van der Waals surface area (Å²) in [5.41, 5.74) is -0.0862. The first kappa shape index (κ1) is 24.2. The zero-order valence-electron chi connectivity index (χ0n) is 19.0. The second kappa shape index (κ2) is 10.2. The molecule has 4 nitrogen and oxygen atoms in total. The summed E-state index contributed by atoms with van der Waals surface area (Å²) in [4.78, 5) is 15.0. The van der Waals surface area contributed by atoms with E-state index in [0.29, 0.717) is 41.9 Å². The molecule has 1 aliphatic heterocycles. The van der Waals surface area contributed by atoms with Crippen molar-refractivity contribution in [3.05, 3.63) is 71.8 Å². The fourth-order valence-corrected chi connectivity index (χ4v) is 4.39. The highest BCUT2D eigenvalue weighted by Crippen LogP contribution is 2.34. The van der Waals surface area contributed by atoms with E-state index in [2.05, 4.69) is 11.8 Å². The van der Waals surface area contributed by atoms with E-state index in [1.807, 2.05) is 18.2 Å². The van der Waals surface area contributed by atoms with Gasteiger partial charge in [0.25, 0.3) is 0 Å². The van der Waals surface area contributed by atoms with Crippen molar-refractivity contribution in [1.82, 2.24) is 4.90 Å². The molecule has 0 aromatic heterocycles. The molecule has 0 unspecified atom stereocenters. The smallest absolute Gasteiger partial charge is 0.416 e. The predicted octanol–water partition coefficient (Wildman–Crippen LogP) is 6.17. The molecule has 3 aromatic rings. The number of hydrogen-bond acceptors (Lipinski definition) is 4. The normalized spacial score (nSPS) is 15.8. The van der Waals surface area contributed by atoms with Gasteiger partial charge in [0.1, 0.15) is 11.5 Å². The number of aliphatic hydroxyl groups excluding tert-OH is 1. The van der Waals surface area contributed by atoms with E-state index in [1.54, 1.807) is 18.2 Å². The molecule has 1 heterocycles. The first-order valence-corrected chi connectivity index (χ1v) is 11.5. The van der Waals surface area contributed by atoms with Crippen molar-refractivity contribution in [1.29, 1.82) is 0 Å². The van der Waals surface area contributed by atoms with Crippen molar-refractivity contribution in [2.75, 3.05) is 26.2 Å². The number of ketones is 1. The minimum Gasteiger partial charge on any atom is -0.457 e. The van der Waals surface area contributed by atoms with Crippen LogP contribution in [0.5, 0.6) is 11.5 Å². The lowest BCUT2D eigenvalue weighted by Gasteiger charge is -2.42. The van der Waals surface area contributed by atoms with Gasteiger partial charge in [-0.1, -0.05) is 25.1 Å². The molecular weight excluding hydrogens is 443 g/mol. The number of carbonyl (C=O) groups excluding carboxylic acids is 1. The maximum absolute atomic E-state index is 12.8.